The number of nitrogens with one attached hydrogen (secondary N) is 1. The van der Waals surface area contributed by atoms with Gasteiger partial charge >= 0.3 is 6.18 Å². The third-order valence-electron chi connectivity index (χ3n) is 3.43. The van der Waals surface area contributed by atoms with Crippen molar-refractivity contribution in [3.63, 3.8) is 0 Å². The third kappa shape index (κ3) is 4.36. The van der Waals surface area contributed by atoms with Crippen LogP contribution in [-0.2, 0) is 11.0 Å². The molecule has 21 heavy (non-hydrogen) atoms. The molecule has 1 aliphatic rings. The van der Waals surface area contributed by atoms with Crippen molar-refractivity contribution < 1.29 is 18.0 Å². The Kier molecular flexibility index (Phi) is 5.13. The molecule has 0 radical (unpaired) electrons. The lowest BCUT2D eigenvalue weighted by Gasteiger charge is -2.27. The molecule has 1 aliphatic heterocycles. The van der Waals surface area contributed by atoms with Gasteiger partial charge in [-0.1, -0.05) is 15.9 Å². The first kappa shape index (κ1) is 16.1. The van der Waals surface area contributed by atoms with Gasteiger partial charge in [-0.25, -0.2) is 0 Å². The van der Waals surface area contributed by atoms with Gasteiger partial charge in [0.1, 0.15) is 0 Å². The lowest BCUT2D eigenvalue weighted by Crippen LogP contribution is -2.39. The molecule has 0 spiro atoms. The number of anilines is 1. The van der Waals surface area contributed by atoms with E-state index < -0.39 is 11.7 Å². The normalized spacial score (nSPS) is 15.9. The van der Waals surface area contributed by atoms with Gasteiger partial charge in [0.05, 0.1) is 12.1 Å². The molecule has 1 fully saturated rings. The summed E-state index contributed by atoms with van der Waals surface area (Å²) in [6.45, 7) is 1.25. The number of hydrogen-bond donors (Lipinski definition) is 1. The summed E-state index contributed by atoms with van der Waals surface area (Å²) in [5.74, 6) is -0.164. The third-order valence-corrected chi connectivity index (χ3v) is 3.92. The maximum Gasteiger partial charge on any atom is 0.418 e. The van der Waals surface area contributed by atoms with Gasteiger partial charge in [0.25, 0.3) is 0 Å². The quantitative estimate of drug-likeness (QED) is 0.882. The molecule has 0 atom stereocenters. The summed E-state index contributed by atoms with van der Waals surface area (Å²) in [4.78, 5) is 13.7. The highest BCUT2D eigenvalue weighted by molar-refractivity contribution is 9.10. The molecule has 0 bridgehead atoms. The van der Waals surface area contributed by atoms with Crippen LogP contribution < -0.4 is 5.32 Å². The Morgan fingerprint density at radius 1 is 1.24 bits per heavy atom. The molecular weight excluding hydrogens is 349 g/mol. The predicted octanol–water partition coefficient (Wildman–Crippen LogP) is 3.89. The zero-order valence-electron chi connectivity index (χ0n) is 11.3. The number of alkyl halides is 3. The van der Waals surface area contributed by atoms with Crippen LogP contribution in [0.1, 0.15) is 24.8 Å². The molecule has 2 rings (SSSR count). The van der Waals surface area contributed by atoms with Crippen LogP contribution >= 0.6 is 15.9 Å². The lowest BCUT2D eigenvalue weighted by atomic mass is 10.1. The summed E-state index contributed by atoms with van der Waals surface area (Å²) >= 11 is 3.14. The summed E-state index contributed by atoms with van der Waals surface area (Å²) in [5, 5.41) is 2.62. The van der Waals surface area contributed by atoms with Gasteiger partial charge in [0.2, 0.25) is 5.91 Å². The Hall–Kier alpha value is -1.24. The molecule has 0 unspecified atom stereocenters. The molecule has 0 aliphatic carbocycles. The highest BCUT2D eigenvalue weighted by Gasteiger charge is 2.33. The zero-order valence-corrected chi connectivity index (χ0v) is 12.9. The fraction of sp³-hybridized carbons (Fsp3) is 0.500. The van der Waals surface area contributed by atoms with Crippen molar-refractivity contribution in [3.8, 4) is 0 Å². The van der Waals surface area contributed by atoms with Gasteiger partial charge in [-0.05, 0) is 37.5 Å². The maximum atomic E-state index is 12.9. The van der Waals surface area contributed by atoms with Crippen molar-refractivity contribution in [2.24, 2.45) is 0 Å². The largest absolute Gasteiger partial charge is 0.418 e. The predicted molar refractivity (Wildman–Crippen MR) is 78.1 cm³/mol. The highest BCUT2D eigenvalue weighted by atomic mass is 79.9. The fourth-order valence-electron chi connectivity index (χ4n) is 2.34. The van der Waals surface area contributed by atoms with Crippen molar-refractivity contribution >= 4 is 27.5 Å². The Balaban J connectivity index is 2.05. The van der Waals surface area contributed by atoms with Gasteiger partial charge in [0.15, 0.2) is 0 Å². The van der Waals surface area contributed by atoms with Crippen LogP contribution in [0.2, 0.25) is 0 Å². The van der Waals surface area contributed by atoms with Crippen molar-refractivity contribution in [2.75, 3.05) is 25.0 Å². The van der Waals surface area contributed by atoms with Crippen molar-refractivity contribution in [3.05, 3.63) is 28.2 Å². The number of carbonyl (C=O) groups excluding carboxylic acids is 1. The standard InChI is InChI=1S/C14H16BrF3N2O/c15-10-4-5-11(14(16,17)18)12(8-10)19-9-13(21)20-6-2-1-3-7-20/h4-5,8,19H,1-3,6-7,9H2. The fourth-order valence-corrected chi connectivity index (χ4v) is 2.70. The van der Waals surface area contributed by atoms with Crippen LogP contribution in [0, 0.1) is 0 Å². The van der Waals surface area contributed by atoms with Gasteiger partial charge in [-0.2, -0.15) is 13.2 Å². The topological polar surface area (TPSA) is 32.3 Å². The highest BCUT2D eigenvalue weighted by Crippen LogP contribution is 2.36. The summed E-state index contributed by atoms with van der Waals surface area (Å²) in [6.07, 6.45) is -1.44. The molecule has 0 saturated carbocycles. The second kappa shape index (κ2) is 6.68. The van der Waals surface area contributed by atoms with Crippen LogP contribution in [0.15, 0.2) is 22.7 Å². The number of amides is 1. The Bertz CT molecular complexity index is 513. The van der Waals surface area contributed by atoms with E-state index in [2.05, 4.69) is 21.2 Å². The van der Waals surface area contributed by atoms with E-state index in [4.69, 9.17) is 0 Å². The lowest BCUT2D eigenvalue weighted by molar-refractivity contribution is -0.137. The number of nitrogens with zero attached hydrogens (tertiary/aromatic N) is 1. The number of hydrogen-bond acceptors (Lipinski definition) is 2. The molecule has 1 amide bonds. The second-order valence-electron chi connectivity index (χ2n) is 4.98. The van der Waals surface area contributed by atoms with E-state index >= 15 is 0 Å². The summed E-state index contributed by atoms with van der Waals surface area (Å²) in [5.41, 5.74) is -0.848. The monoisotopic (exact) mass is 364 g/mol. The maximum absolute atomic E-state index is 12.9. The van der Waals surface area contributed by atoms with Gasteiger partial charge in [-0.3, -0.25) is 4.79 Å². The van der Waals surface area contributed by atoms with Crippen LogP contribution in [0.4, 0.5) is 18.9 Å². The van der Waals surface area contributed by atoms with Crippen molar-refractivity contribution in [2.45, 2.75) is 25.4 Å². The molecule has 0 aromatic heterocycles. The van der Waals surface area contributed by atoms with Crippen LogP contribution in [0.5, 0.6) is 0 Å². The summed E-state index contributed by atoms with van der Waals surface area (Å²) < 4.78 is 39.3. The summed E-state index contributed by atoms with van der Waals surface area (Å²) in [6, 6.07) is 3.67. The molecule has 1 heterocycles. The van der Waals surface area contributed by atoms with Crippen LogP contribution in [0.3, 0.4) is 0 Å². The Morgan fingerprint density at radius 3 is 2.52 bits per heavy atom. The van der Waals surface area contributed by atoms with E-state index in [1.807, 2.05) is 0 Å². The minimum Gasteiger partial charge on any atom is -0.376 e. The Labute approximate surface area is 129 Å². The number of halogens is 4. The number of piperidine rings is 1. The van der Waals surface area contributed by atoms with E-state index in [0.717, 1.165) is 25.3 Å². The SMILES string of the molecule is O=C(CNc1cc(Br)ccc1C(F)(F)F)N1CCCCC1. The van der Waals surface area contributed by atoms with Gasteiger partial charge in [0, 0.05) is 23.2 Å². The minimum absolute atomic E-state index is 0.0813. The molecule has 1 aromatic rings. The number of carbonyl (C=O) groups is 1. The first-order chi connectivity index (χ1) is 9.88. The molecule has 1 saturated heterocycles. The van der Waals surface area contributed by atoms with E-state index in [-0.39, 0.29) is 18.1 Å². The van der Waals surface area contributed by atoms with Gasteiger partial charge in [-0.15, -0.1) is 0 Å². The molecule has 1 N–H and O–H groups in total. The average Bonchev–Trinajstić information content (AvgIpc) is 2.44. The smallest absolute Gasteiger partial charge is 0.376 e. The molecule has 116 valence electrons. The number of likely N-dealkylation sites (tertiary alicyclic amines) is 1. The summed E-state index contributed by atoms with van der Waals surface area (Å²) in [7, 11) is 0. The van der Waals surface area contributed by atoms with E-state index in [9.17, 15) is 18.0 Å². The molecule has 1 aromatic carbocycles. The minimum atomic E-state index is -4.45. The first-order valence-electron chi connectivity index (χ1n) is 6.76. The van der Waals surface area contributed by atoms with Crippen LogP contribution in [-0.4, -0.2) is 30.4 Å². The molecular formula is C14H16BrF3N2O. The number of rotatable bonds is 3. The molecule has 7 heteroatoms. The van der Waals surface area contributed by atoms with Crippen LogP contribution in [0.25, 0.3) is 0 Å². The number of benzene rings is 1. The van der Waals surface area contributed by atoms with Crippen molar-refractivity contribution in [1.29, 1.82) is 0 Å². The van der Waals surface area contributed by atoms with E-state index in [1.165, 1.54) is 12.1 Å². The van der Waals surface area contributed by atoms with E-state index in [1.54, 1.807) is 4.90 Å². The average molecular weight is 365 g/mol. The molecule has 3 nitrogen and oxygen atoms in total. The van der Waals surface area contributed by atoms with E-state index in [0.29, 0.717) is 17.6 Å². The second-order valence-corrected chi connectivity index (χ2v) is 5.90. The zero-order chi connectivity index (χ0) is 15.5. The first-order valence-corrected chi connectivity index (χ1v) is 7.55. The Morgan fingerprint density at radius 2 is 1.90 bits per heavy atom. The van der Waals surface area contributed by atoms with Gasteiger partial charge < -0.3 is 10.2 Å². The van der Waals surface area contributed by atoms with Crippen molar-refractivity contribution in [1.82, 2.24) is 4.90 Å².